The maximum atomic E-state index is 12.1. The largest absolute Gasteiger partial charge is 0.505 e. The number of hydrogen-bond acceptors (Lipinski definition) is 4. The van der Waals surface area contributed by atoms with Crippen molar-refractivity contribution in [1.29, 1.82) is 0 Å². The van der Waals surface area contributed by atoms with Crippen molar-refractivity contribution in [3.05, 3.63) is 47.3 Å². The van der Waals surface area contributed by atoms with Crippen LogP contribution in [0.25, 0.3) is 0 Å². The van der Waals surface area contributed by atoms with Crippen LogP contribution in [0.1, 0.15) is 21.5 Å². The Balaban J connectivity index is 2.30. The number of aryl methyl sites for hydroxylation is 2. The highest BCUT2D eigenvalue weighted by molar-refractivity contribution is 6.06. The highest BCUT2D eigenvalue weighted by Crippen LogP contribution is 2.23. The number of amides is 1. The van der Waals surface area contributed by atoms with Crippen molar-refractivity contribution in [2.75, 3.05) is 11.1 Å². The minimum Gasteiger partial charge on any atom is -0.505 e. The summed E-state index contributed by atoms with van der Waals surface area (Å²) in [5, 5.41) is 12.3. The summed E-state index contributed by atoms with van der Waals surface area (Å²) in [6, 6.07) is 5.07. The number of nitrogens with one attached hydrogen (secondary N) is 1. The molecule has 1 heterocycles. The van der Waals surface area contributed by atoms with Gasteiger partial charge in [-0.25, -0.2) is 0 Å². The Bertz CT molecular complexity index is 639. The molecule has 0 saturated heterocycles. The first-order valence-corrected chi connectivity index (χ1v) is 5.80. The van der Waals surface area contributed by atoms with Gasteiger partial charge in [0.25, 0.3) is 5.91 Å². The van der Waals surface area contributed by atoms with Gasteiger partial charge in [0.1, 0.15) is 5.75 Å². The summed E-state index contributed by atoms with van der Waals surface area (Å²) in [5.74, 6) is -0.531. The standard InChI is InChI=1S/C14H15N3O2/c1-8-6-12(9(2)5-11(8)15)17-14(19)10-3-4-16-7-13(10)18/h3-7,18H,15H2,1-2H3,(H,17,19). The van der Waals surface area contributed by atoms with E-state index in [0.717, 1.165) is 11.1 Å². The van der Waals surface area contributed by atoms with Gasteiger partial charge in [0.15, 0.2) is 0 Å². The van der Waals surface area contributed by atoms with E-state index >= 15 is 0 Å². The fraction of sp³-hybridized carbons (Fsp3) is 0.143. The van der Waals surface area contributed by atoms with E-state index in [2.05, 4.69) is 10.3 Å². The van der Waals surface area contributed by atoms with Gasteiger partial charge in [0, 0.05) is 17.6 Å². The van der Waals surface area contributed by atoms with Crippen LogP contribution < -0.4 is 11.1 Å². The van der Waals surface area contributed by atoms with Crippen molar-refractivity contribution in [2.24, 2.45) is 0 Å². The van der Waals surface area contributed by atoms with Gasteiger partial charge >= 0.3 is 0 Å². The predicted molar refractivity (Wildman–Crippen MR) is 74.2 cm³/mol. The topological polar surface area (TPSA) is 88.2 Å². The molecule has 5 heteroatoms. The number of nitrogen functional groups attached to an aromatic ring is 1. The molecule has 5 nitrogen and oxygen atoms in total. The molecule has 1 aromatic carbocycles. The normalized spacial score (nSPS) is 10.2. The fourth-order valence-corrected chi connectivity index (χ4v) is 1.74. The van der Waals surface area contributed by atoms with E-state index in [1.54, 1.807) is 12.1 Å². The summed E-state index contributed by atoms with van der Waals surface area (Å²) in [6.45, 7) is 3.73. The van der Waals surface area contributed by atoms with Crippen LogP contribution in [0.4, 0.5) is 11.4 Å². The molecule has 0 bridgehead atoms. The van der Waals surface area contributed by atoms with E-state index in [-0.39, 0.29) is 17.2 Å². The van der Waals surface area contributed by atoms with Gasteiger partial charge in [-0.15, -0.1) is 0 Å². The molecule has 2 rings (SSSR count). The molecule has 0 fully saturated rings. The SMILES string of the molecule is Cc1cc(NC(=O)c2ccncc2O)c(C)cc1N. The monoisotopic (exact) mass is 257 g/mol. The third kappa shape index (κ3) is 2.65. The smallest absolute Gasteiger partial charge is 0.259 e. The quantitative estimate of drug-likeness (QED) is 0.720. The summed E-state index contributed by atoms with van der Waals surface area (Å²) in [6.07, 6.45) is 2.69. The lowest BCUT2D eigenvalue weighted by Gasteiger charge is -2.11. The van der Waals surface area contributed by atoms with E-state index < -0.39 is 0 Å². The van der Waals surface area contributed by atoms with Crippen molar-refractivity contribution in [3.63, 3.8) is 0 Å². The number of aromatic hydroxyl groups is 1. The van der Waals surface area contributed by atoms with Crippen LogP contribution in [0.15, 0.2) is 30.6 Å². The van der Waals surface area contributed by atoms with Gasteiger partial charge in [0.2, 0.25) is 0 Å². The maximum absolute atomic E-state index is 12.1. The predicted octanol–water partition coefficient (Wildman–Crippen LogP) is 2.24. The summed E-state index contributed by atoms with van der Waals surface area (Å²) >= 11 is 0. The zero-order chi connectivity index (χ0) is 14.0. The lowest BCUT2D eigenvalue weighted by atomic mass is 10.1. The van der Waals surface area contributed by atoms with E-state index in [0.29, 0.717) is 11.4 Å². The van der Waals surface area contributed by atoms with Crippen molar-refractivity contribution in [1.82, 2.24) is 4.98 Å². The number of aromatic nitrogens is 1. The molecular weight excluding hydrogens is 242 g/mol. The van der Waals surface area contributed by atoms with Gasteiger partial charge < -0.3 is 16.2 Å². The first-order chi connectivity index (χ1) is 8.99. The van der Waals surface area contributed by atoms with Crippen LogP contribution in [0.3, 0.4) is 0 Å². The molecule has 0 spiro atoms. The Hall–Kier alpha value is -2.56. The molecule has 0 atom stereocenters. The first-order valence-electron chi connectivity index (χ1n) is 5.80. The van der Waals surface area contributed by atoms with Gasteiger partial charge in [-0.2, -0.15) is 0 Å². The second-order valence-electron chi connectivity index (χ2n) is 4.37. The third-order valence-electron chi connectivity index (χ3n) is 2.91. The first kappa shape index (κ1) is 12.9. The van der Waals surface area contributed by atoms with Gasteiger partial charge in [-0.1, -0.05) is 0 Å². The number of hydrogen-bond donors (Lipinski definition) is 3. The van der Waals surface area contributed by atoms with Crippen LogP contribution in [0.2, 0.25) is 0 Å². The lowest BCUT2D eigenvalue weighted by Crippen LogP contribution is -2.13. The van der Waals surface area contributed by atoms with Gasteiger partial charge in [-0.3, -0.25) is 9.78 Å². The zero-order valence-electron chi connectivity index (χ0n) is 10.8. The van der Waals surface area contributed by atoms with Gasteiger partial charge in [-0.05, 0) is 43.2 Å². The van der Waals surface area contributed by atoms with Crippen molar-refractivity contribution < 1.29 is 9.90 Å². The molecule has 1 amide bonds. The summed E-state index contributed by atoms with van der Waals surface area (Å²) in [4.78, 5) is 15.8. The van der Waals surface area contributed by atoms with E-state index in [4.69, 9.17) is 5.73 Å². The third-order valence-corrected chi connectivity index (χ3v) is 2.91. The van der Waals surface area contributed by atoms with Crippen LogP contribution >= 0.6 is 0 Å². The second kappa shape index (κ2) is 4.97. The Morgan fingerprint density at radius 2 is 2.05 bits per heavy atom. The molecule has 19 heavy (non-hydrogen) atoms. The molecule has 0 aliphatic carbocycles. The molecule has 0 saturated carbocycles. The minimum absolute atomic E-state index is 0.148. The number of rotatable bonds is 2. The van der Waals surface area contributed by atoms with Crippen LogP contribution in [0, 0.1) is 13.8 Å². The molecular formula is C14H15N3O2. The Morgan fingerprint density at radius 1 is 1.32 bits per heavy atom. The summed E-state index contributed by atoms with van der Waals surface area (Å²) < 4.78 is 0. The highest BCUT2D eigenvalue weighted by Gasteiger charge is 2.12. The second-order valence-corrected chi connectivity index (χ2v) is 4.37. The number of carbonyl (C=O) groups is 1. The maximum Gasteiger partial charge on any atom is 0.259 e. The molecule has 2 aromatic rings. The zero-order valence-corrected chi connectivity index (χ0v) is 10.8. The summed E-state index contributed by atoms with van der Waals surface area (Å²) in [7, 11) is 0. The molecule has 0 aliphatic heterocycles. The average Bonchev–Trinajstić information content (AvgIpc) is 2.36. The van der Waals surface area contributed by atoms with Crippen molar-refractivity contribution in [2.45, 2.75) is 13.8 Å². The highest BCUT2D eigenvalue weighted by atomic mass is 16.3. The summed E-state index contributed by atoms with van der Waals surface area (Å²) in [5.41, 5.74) is 9.09. The van der Waals surface area contributed by atoms with Crippen LogP contribution in [0.5, 0.6) is 5.75 Å². The molecule has 98 valence electrons. The van der Waals surface area contributed by atoms with Crippen molar-refractivity contribution in [3.8, 4) is 5.75 Å². The Labute approximate surface area is 111 Å². The number of pyridine rings is 1. The number of benzene rings is 1. The van der Waals surface area contributed by atoms with E-state index in [9.17, 15) is 9.90 Å². The number of anilines is 2. The number of carbonyl (C=O) groups excluding carboxylic acids is 1. The number of nitrogens with two attached hydrogens (primary N) is 1. The number of nitrogens with zero attached hydrogens (tertiary/aromatic N) is 1. The molecule has 0 aliphatic rings. The van der Waals surface area contributed by atoms with Crippen molar-refractivity contribution >= 4 is 17.3 Å². The fourth-order valence-electron chi connectivity index (χ4n) is 1.74. The van der Waals surface area contributed by atoms with Crippen LogP contribution in [-0.4, -0.2) is 16.0 Å². The lowest BCUT2D eigenvalue weighted by molar-refractivity contribution is 0.102. The Kier molecular flexibility index (Phi) is 3.37. The van der Waals surface area contributed by atoms with Crippen LogP contribution in [-0.2, 0) is 0 Å². The van der Waals surface area contributed by atoms with Gasteiger partial charge in [0.05, 0.1) is 11.8 Å². The van der Waals surface area contributed by atoms with E-state index in [1.807, 2.05) is 13.8 Å². The molecule has 4 N–H and O–H groups in total. The molecule has 0 unspecified atom stereocenters. The molecule has 0 radical (unpaired) electrons. The average molecular weight is 257 g/mol. The van der Waals surface area contributed by atoms with E-state index in [1.165, 1.54) is 18.5 Å². The Morgan fingerprint density at radius 3 is 2.74 bits per heavy atom. The minimum atomic E-state index is -0.382. The molecule has 1 aromatic heterocycles.